The number of benzene rings is 3. The Bertz CT molecular complexity index is 1160. The normalized spacial score (nSPS) is 13.8. The van der Waals surface area contributed by atoms with E-state index in [2.05, 4.69) is 0 Å². The van der Waals surface area contributed by atoms with Gasteiger partial charge in [0.05, 0.1) is 11.3 Å². The van der Waals surface area contributed by atoms with Gasteiger partial charge in [0.15, 0.2) is 0 Å². The second kappa shape index (κ2) is 8.52. The summed E-state index contributed by atoms with van der Waals surface area (Å²) in [6.45, 7) is 2.71. The molecule has 0 saturated carbocycles. The van der Waals surface area contributed by atoms with Crippen molar-refractivity contribution in [2.75, 3.05) is 11.4 Å². The second-order valence-corrected chi connectivity index (χ2v) is 7.13. The van der Waals surface area contributed by atoms with Crippen molar-refractivity contribution in [3.63, 3.8) is 0 Å². The summed E-state index contributed by atoms with van der Waals surface area (Å²) in [7, 11) is 0. The average molecular weight is 418 g/mol. The fourth-order valence-electron chi connectivity index (χ4n) is 3.69. The van der Waals surface area contributed by atoms with Gasteiger partial charge in [-0.1, -0.05) is 54.6 Å². The molecule has 0 fully saturated rings. The summed E-state index contributed by atoms with van der Waals surface area (Å²) >= 11 is 0. The Morgan fingerprint density at radius 3 is 2.10 bits per heavy atom. The standard InChI is InChI=1S/C25H20F2N2O2/c1-2-28(16-17-8-4-3-5-9-17)23-22(18-12-14-19(26)15-13-18)24(30)29(25(23)31)21-11-7-6-10-20(21)27/h3-15H,2,16H2,1H3. The first-order chi connectivity index (χ1) is 15.0. The van der Waals surface area contributed by atoms with Gasteiger partial charge < -0.3 is 4.90 Å². The zero-order chi connectivity index (χ0) is 22.0. The number of anilines is 1. The minimum atomic E-state index is -0.671. The van der Waals surface area contributed by atoms with Crippen LogP contribution in [0.15, 0.2) is 84.6 Å². The summed E-state index contributed by atoms with van der Waals surface area (Å²) in [5.74, 6) is -2.37. The molecule has 0 bridgehead atoms. The van der Waals surface area contributed by atoms with Gasteiger partial charge in [0.25, 0.3) is 11.8 Å². The lowest BCUT2D eigenvalue weighted by atomic mass is 10.0. The van der Waals surface area contributed by atoms with E-state index >= 15 is 0 Å². The van der Waals surface area contributed by atoms with Crippen molar-refractivity contribution in [1.82, 2.24) is 4.90 Å². The third kappa shape index (κ3) is 3.84. The molecule has 0 radical (unpaired) electrons. The maximum absolute atomic E-state index is 14.5. The molecule has 1 heterocycles. The van der Waals surface area contributed by atoms with Crippen molar-refractivity contribution < 1.29 is 18.4 Å². The highest BCUT2D eigenvalue weighted by atomic mass is 19.1. The Morgan fingerprint density at radius 1 is 0.806 bits per heavy atom. The highest BCUT2D eigenvalue weighted by molar-refractivity contribution is 6.45. The molecule has 2 amide bonds. The van der Waals surface area contributed by atoms with Crippen LogP contribution in [0, 0.1) is 11.6 Å². The van der Waals surface area contributed by atoms with Gasteiger partial charge in [-0.15, -0.1) is 0 Å². The Balaban J connectivity index is 1.85. The first kappa shape index (κ1) is 20.5. The van der Waals surface area contributed by atoms with E-state index in [9.17, 15) is 18.4 Å². The Hall–Kier alpha value is -3.80. The van der Waals surface area contributed by atoms with E-state index in [0.717, 1.165) is 10.5 Å². The van der Waals surface area contributed by atoms with Crippen molar-refractivity contribution in [2.45, 2.75) is 13.5 Å². The lowest BCUT2D eigenvalue weighted by Gasteiger charge is -2.25. The molecule has 6 heteroatoms. The first-order valence-electron chi connectivity index (χ1n) is 9.93. The van der Waals surface area contributed by atoms with Gasteiger partial charge in [-0.2, -0.15) is 0 Å². The summed E-state index contributed by atoms with van der Waals surface area (Å²) in [4.78, 5) is 29.5. The lowest BCUT2D eigenvalue weighted by Crippen LogP contribution is -2.35. The first-order valence-corrected chi connectivity index (χ1v) is 9.93. The Kier molecular flexibility index (Phi) is 5.62. The molecule has 0 aromatic heterocycles. The number of amides is 2. The fourth-order valence-corrected chi connectivity index (χ4v) is 3.69. The third-order valence-electron chi connectivity index (χ3n) is 5.20. The predicted molar refractivity (Wildman–Crippen MR) is 115 cm³/mol. The summed E-state index contributed by atoms with van der Waals surface area (Å²) < 4.78 is 28.0. The molecule has 0 spiro atoms. The van der Waals surface area contributed by atoms with Crippen LogP contribution in [-0.4, -0.2) is 23.3 Å². The third-order valence-corrected chi connectivity index (χ3v) is 5.20. The van der Waals surface area contributed by atoms with Crippen LogP contribution >= 0.6 is 0 Å². The molecular formula is C25H20F2N2O2. The largest absolute Gasteiger partial charge is 0.362 e. The van der Waals surface area contributed by atoms with Crippen molar-refractivity contribution in [2.24, 2.45) is 0 Å². The number of carbonyl (C=O) groups excluding carboxylic acids is 2. The molecule has 3 aromatic rings. The van der Waals surface area contributed by atoms with Crippen LogP contribution in [0.4, 0.5) is 14.5 Å². The van der Waals surface area contributed by atoms with E-state index in [0.29, 0.717) is 18.7 Å². The number of carbonyl (C=O) groups is 2. The van der Waals surface area contributed by atoms with Crippen LogP contribution in [0.3, 0.4) is 0 Å². The molecular weight excluding hydrogens is 398 g/mol. The Labute approximate surface area is 179 Å². The molecule has 1 aliphatic heterocycles. The number of hydrogen-bond donors (Lipinski definition) is 0. The number of halogens is 2. The molecule has 3 aromatic carbocycles. The summed E-state index contributed by atoms with van der Waals surface area (Å²) in [6.07, 6.45) is 0. The molecule has 156 valence electrons. The number of para-hydroxylation sites is 1. The zero-order valence-corrected chi connectivity index (χ0v) is 16.9. The summed E-state index contributed by atoms with van der Waals surface area (Å²) in [5, 5.41) is 0. The van der Waals surface area contributed by atoms with Crippen LogP contribution in [0.2, 0.25) is 0 Å². The van der Waals surface area contributed by atoms with Crippen LogP contribution in [0.25, 0.3) is 5.57 Å². The van der Waals surface area contributed by atoms with Gasteiger partial charge in [0.2, 0.25) is 0 Å². The summed E-state index contributed by atoms with van der Waals surface area (Å²) in [6, 6.07) is 20.6. The molecule has 0 saturated heterocycles. The maximum atomic E-state index is 14.5. The number of rotatable bonds is 6. The van der Waals surface area contributed by atoms with Crippen LogP contribution in [0.5, 0.6) is 0 Å². The van der Waals surface area contributed by atoms with Crippen LogP contribution < -0.4 is 4.90 Å². The van der Waals surface area contributed by atoms with Gasteiger partial charge >= 0.3 is 0 Å². The summed E-state index contributed by atoms with van der Waals surface area (Å²) in [5.41, 5.74) is 1.56. The molecule has 0 atom stereocenters. The van der Waals surface area contributed by atoms with E-state index < -0.39 is 23.4 Å². The van der Waals surface area contributed by atoms with Gasteiger partial charge in [-0.3, -0.25) is 9.59 Å². The van der Waals surface area contributed by atoms with E-state index in [1.807, 2.05) is 37.3 Å². The maximum Gasteiger partial charge on any atom is 0.282 e. The molecule has 4 nitrogen and oxygen atoms in total. The number of likely N-dealkylation sites (N-methyl/N-ethyl adjacent to an activating group) is 1. The fraction of sp³-hybridized carbons (Fsp3) is 0.120. The minimum Gasteiger partial charge on any atom is -0.362 e. The smallest absolute Gasteiger partial charge is 0.282 e. The zero-order valence-electron chi connectivity index (χ0n) is 16.9. The quantitative estimate of drug-likeness (QED) is 0.542. The average Bonchev–Trinajstić information content (AvgIpc) is 3.04. The van der Waals surface area contributed by atoms with E-state index in [-0.39, 0.29) is 17.0 Å². The van der Waals surface area contributed by atoms with E-state index in [1.165, 1.54) is 42.5 Å². The lowest BCUT2D eigenvalue weighted by molar-refractivity contribution is -0.120. The number of hydrogen-bond acceptors (Lipinski definition) is 3. The topological polar surface area (TPSA) is 40.6 Å². The molecule has 31 heavy (non-hydrogen) atoms. The van der Waals surface area contributed by atoms with E-state index in [4.69, 9.17) is 0 Å². The molecule has 0 unspecified atom stereocenters. The van der Waals surface area contributed by atoms with Gasteiger partial charge in [0, 0.05) is 13.1 Å². The van der Waals surface area contributed by atoms with Gasteiger partial charge in [-0.25, -0.2) is 13.7 Å². The van der Waals surface area contributed by atoms with Gasteiger partial charge in [0.1, 0.15) is 17.3 Å². The highest BCUT2D eigenvalue weighted by Crippen LogP contribution is 2.36. The molecule has 0 aliphatic carbocycles. The molecule has 0 N–H and O–H groups in total. The SMILES string of the molecule is CCN(Cc1ccccc1)C1=C(c2ccc(F)cc2)C(=O)N(c2ccccc2F)C1=O. The van der Waals surface area contributed by atoms with Crippen LogP contribution in [0.1, 0.15) is 18.1 Å². The second-order valence-electron chi connectivity index (χ2n) is 7.13. The molecule has 1 aliphatic rings. The van der Waals surface area contributed by atoms with Crippen LogP contribution in [-0.2, 0) is 16.1 Å². The van der Waals surface area contributed by atoms with Crippen molar-refractivity contribution in [3.05, 3.63) is 107 Å². The van der Waals surface area contributed by atoms with E-state index in [1.54, 1.807) is 11.0 Å². The van der Waals surface area contributed by atoms with Crippen molar-refractivity contribution in [1.29, 1.82) is 0 Å². The van der Waals surface area contributed by atoms with Gasteiger partial charge in [-0.05, 0) is 42.3 Å². The Morgan fingerprint density at radius 2 is 1.45 bits per heavy atom. The number of nitrogens with zero attached hydrogens (tertiary/aromatic N) is 2. The van der Waals surface area contributed by atoms with Crippen molar-refractivity contribution in [3.8, 4) is 0 Å². The molecule has 4 rings (SSSR count). The predicted octanol–water partition coefficient (Wildman–Crippen LogP) is 4.77. The highest BCUT2D eigenvalue weighted by Gasteiger charge is 2.43. The minimum absolute atomic E-state index is 0.108. The number of imide groups is 1. The monoisotopic (exact) mass is 418 g/mol. The van der Waals surface area contributed by atoms with Crippen molar-refractivity contribution >= 4 is 23.1 Å².